The second kappa shape index (κ2) is 25.1. The molecule has 4 amide bonds. The Bertz CT molecular complexity index is 2990. The maximum Gasteiger partial charge on any atom is 0.488 e. The molecule has 20 heteroatoms. The molecule has 0 spiro atoms. The minimum absolute atomic E-state index is 0.185. The summed E-state index contributed by atoms with van der Waals surface area (Å²) in [5.74, 6) is -6.60. The average Bonchev–Trinajstić information content (AvgIpc) is 4.38. The highest BCUT2D eigenvalue weighted by Gasteiger charge is 2.49. The van der Waals surface area contributed by atoms with Crippen LogP contribution in [0.25, 0.3) is 11.1 Å². The smallest absolute Gasteiger partial charge is 0.488 e. The number of hydrogen-bond acceptors (Lipinski definition) is 10. The maximum atomic E-state index is 14.6. The van der Waals surface area contributed by atoms with Crippen LogP contribution >= 0.6 is 15.9 Å². The van der Waals surface area contributed by atoms with Gasteiger partial charge in [-0.15, -0.1) is 0 Å². The number of rotatable bonds is 12. The molecule has 2 aromatic heterocycles. The second-order valence-electron chi connectivity index (χ2n) is 18.4. The van der Waals surface area contributed by atoms with E-state index in [0.29, 0.717) is 43.7 Å². The molecule has 4 fully saturated rings. The number of alkyl halides is 4. The molecule has 2 aliphatic carbocycles. The Balaban J connectivity index is 0.000000186. The van der Waals surface area contributed by atoms with Gasteiger partial charge in [-0.05, 0) is 149 Å². The summed E-state index contributed by atoms with van der Waals surface area (Å²) in [7, 11) is 1.59. The number of methoxy groups -OCH3 is 2. The lowest BCUT2D eigenvalue weighted by Gasteiger charge is -2.25. The number of hydrogen-bond donors (Lipinski definition) is 4. The van der Waals surface area contributed by atoms with E-state index in [9.17, 15) is 36.7 Å². The van der Waals surface area contributed by atoms with E-state index < -0.39 is 68.8 Å². The van der Waals surface area contributed by atoms with Gasteiger partial charge < -0.3 is 40.0 Å². The third kappa shape index (κ3) is 14.6. The van der Waals surface area contributed by atoms with Crippen molar-refractivity contribution in [1.29, 1.82) is 0 Å². The molecule has 0 bridgehead atoms. The minimum atomic E-state index is -3.03. The number of carbonyl (C=O) groups is 4. The Labute approximate surface area is 447 Å². The van der Waals surface area contributed by atoms with Crippen LogP contribution in [0, 0.1) is 0 Å². The molecule has 398 valence electrons. The summed E-state index contributed by atoms with van der Waals surface area (Å²) in [5, 5.41) is 22.9. The summed E-state index contributed by atoms with van der Waals surface area (Å²) in [6.07, 6.45) is 9.16. The molecular formula is C56H58BBrF4N6O8. The number of carbonyl (C=O) groups excluding carboxylic acids is 4. The van der Waals surface area contributed by atoms with Crippen LogP contribution in [-0.2, 0) is 0 Å². The first-order valence-corrected chi connectivity index (χ1v) is 25.6. The van der Waals surface area contributed by atoms with Gasteiger partial charge in [0, 0.05) is 77.5 Å². The van der Waals surface area contributed by atoms with Gasteiger partial charge in [0.1, 0.15) is 11.5 Å². The summed E-state index contributed by atoms with van der Waals surface area (Å²) in [6.45, 7) is 2.64. The van der Waals surface area contributed by atoms with Crippen molar-refractivity contribution >= 4 is 52.1 Å². The van der Waals surface area contributed by atoms with E-state index in [4.69, 9.17) is 19.5 Å². The molecule has 4 aliphatic rings. The van der Waals surface area contributed by atoms with Gasteiger partial charge in [-0.2, -0.15) is 0 Å². The van der Waals surface area contributed by atoms with E-state index in [2.05, 4.69) is 36.5 Å². The fourth-order valence-electron chi connectivity index (χ4n) is 8.68. The van der Waals surface area contributed by atoms with E-state index in [-0.39, 0.29) is 35.0 Å². The third-order valence-electron chi connectivity index (χ3n) is 12.8. The molecule has 76 heavy (non-hydrogen) atoms. The van der Waals surface area contributed by atoms with Crippen molar-refractivity contribution in [2.45, 2.75) is 88.4 Å². The lowest BCUT2D eigenvalue weighted by atomic mass is 9.81. The second-order valence-corrected chi connectivity index (χ2v) is 19.3. The Morgan fingerprint density at radius 2 is 1.04 bits per heavy atom. The number of likely N-dealkylation sites (tertiary alicyclic amines) is 2. The molecule has 4 heterocycles. The van der Waals surface area contributed by atoms with E-state index in [1.54, 1.807) is 103 Å². The van der Waals surface area contributed by atoms with Crippen molar-refractivity contribution in [2.24, 2.45) is 0 Å². The third-order valence-corrected chi connectivity index (χ3v) is 13.5. The Hall–Kier alpha value is -7.16. The van der Waals surface area contributed by atoms with Crippen LogP contribution in [-0.4, -0.2) is 112 Å². The molecular weight excluding hydrogens is 1050 g/mol. The lowest BCUT2D eigenvalue weighted by molar-refractivity contribution is 0.0115. The zero-order valence-electron chi connectivity index (χ0n) is 42.3. The number of pyridine rings is 2. The molecule has 2 aliphatic heterocycles. The summed E-state index contributed by atoms with van der Waals surface area (Å²) in [5.41, 5.74) is 4.46. The number of ether oxygens (including phenoxy) is 2. The number of nitrogens with zero attached hydrogens (tertiary/aromatic N) is 4. The predicted octanol–water partition coefficient (Wildman–Crippen LogP) is 9.23. The van der Waals surface area contributed by atoms with Crippen LogP contribution in [0.3, 0.4) is 0 Å². The summed E-state index contributed by atoms with van der Waals surface area (Å²) >= 11 is 3.32. The Morgan fingerprint density at radius 3 is 1.46 bits per heavy atom. The predicted molar refractivity (Wildman–Crippen MR) is 283 cm³/mol. The summed E-state index contributed by atoms with van der Waals surface area (Å²) < 4.78 is 69.2. The summed E-state index contributed by atoms with van der Waals surface area (Å²) in [6, 6.07) is 28.4. The van der Waals surface area contributed by atoms with Crippen molar-refractivity contribution < 1.29 is 56.3 Å². The zero-order valence-corrected chi connectivity index (χ0v) is 43.9. The molecule has 2 saturated carbocycles. The number of benzene rings is 4. The number of halogens is 5. The number of amides is 4. The summed E-state index contributed by atoms with van der Waals surface area (Å²) in [4.78, 5) is 61.5. The van der Waals surface area contributed by atoms with E-state index in [0.717, 1.165) is 36.8 Å². The first-order valence-electron chi connectivity index (χ1n) is 24.8. The van der Waals surface area contributed by atoms with Crippen molar-refractivity contribution in [3.05, 3.63) is 172 Å². The monoisotopic (exact) mass is 1110 g/mol. The highest BCUT2D eigenvalue weighted by atomic mass is 79.9. The fourth-order valence-corrected chi connectivity index (χ4v) is 9.09. The van der Waals surface area contributed by atoms with E-state index in [1.807, 2.05) is 26.0 Å². The molecule has 6 aromatic rings. The van der Waals surface area contributed by atoms with Crippen molar-refractivity contribution in [3.63, 3.8) is 0 Å². The molecule has 2 saturated heterocycles. The van der Waals surface area contributed by atoms with Gasteiger partial charge in [0.15, 0.2) is 0 Å². The van der Waals surface area contributed by atoms with Crippen molar-refractivity contribution in [2.75, 3.05) is 27.3 Å². The average molecular weight is 1110 g/mol. The fraction of sp³-hybridized carbons (Fsp3) is 0.321. The highest BCUT2D eigenvalue weighted by Crippen LogP contribution is 2.44. The van der Waals surface area contributed by atoms with E-state index >= 15 is 0 Å². The Kier molecular flexibility index (Phi) is 18.7. The largest absolute Gasteiger partial charge is 0.496 e. The van der Waals surface area contributed by atoms with Gasteiger partial charge in [0.25, 0.3) is 35.5 Å². The quantitative estimate of drug-likeness (QED) is 0.0681. The Morgan fingerprint density at radius 1 is 0.605 bits per heavy atom. The minimum Gasteiger partial charge on any atom is -0.496 e. The SMILES string of the molecule is CC.COc1cc(C(=O)N2CC(F)(F)C[C@@H]2c2cccc(C(=O)NC3CC3)c2)ccc1-c1ccncc1.COc1cc(C(=O)N2CC(F)(F)C[C@@H]2c2cccc(C(=O)NC3CC3)c2)ccc1Br.OB(O)c1ccncc1. The molecule has 4 aromatic carbocycles. The van der Waals surface area contributed by atoms with Crippen LogP contribution in [0.5, 0.6) is 11.5 Å². The molecule has 14 nitrogen and oxygen atoms in total. The molecule has 4 N–H and O–H groups in total. The van der Waals surface area contributed by atoms with Crippen LogP contribution in [0.1, 0.15) is 117 Å². The zero-order chi connectivity index (χ0) is 54.7. The standard InChI is InChI=1S/C27H25F2N3O3.C22H21BrF2N2O3.C5H6BNO2.C2H6/c1-35-24-14-20(5-8-22(24)17-9-11-30-12-10-17)26(34)32-16-27(28,29)15-23(32)18-3-2-4-19(13-18)25(33)31-21-6-7-21;1-30-19-10-15(5-8-17(19)23)21(29)27-12-22(24,25)11-18(27)13-3-2-4-14(9-13)20(28)26-16-6-7-16;8-6(9)5-1-3-7-4-2-5;1-2/h2-5,8-14,21,23H,6-7,15-16H2,1H3,(H,31,33);2-5,8-10,16,18H,6-7,11-12H2,1H3,(H,26,28);1-4,8-9H;1-2H3/t23-;18-;;/m11../s1. The van der Waals surface area contributed by atoms with Crippen molar-refractivity contribution in [1.82, 2.24) is 30.4 Å². The van der Waals surface area contributed by atoms with Gasteiger partial charge in [0.2, 0.25) is 0 Å². The number of nitrogens with one attached hydrogen (secondary N) is 2. The van der Waals surface area contributed by atoms with Crippen LogP contribution in [0.4, 0.5) is 17.6 Å². The van der Waals surface area contributed by atoms with Gasteiger partial charge >= 0.3 is 7.12 Å². The first kappa shape index (κ1) is 56.6. The molecule has 2 atom stereocenters. The van der Waals surface area contributed by atoms with Crippen LogP contribution in [0.2, 0.25) is 0 Å². The lowest BCUT2D eigenvalue weighted by Crippen LogP contribution is -2.33. The van der Waals surface area contributed by atoms with Crippen LogP contribution < -0.4 is 25.6 Å². The topological polar surface area (TPSA) is 184 Å². The highest BCUT2D eigenvalue weighted by molar-refractivity contribution is 9.10. The van der Waals surface area contributed by atoms with Crippen molar-refractivity contribution in [3.8, 4) is 22.6 Å². The molecule has 0 radical (unpaired) electrons. The van der Waals surface area contributed by atoms with Crippen LogP contribution in [0.15, 0.2) is 138 Å². The normalized spacial score (nSPS) is 17.8. The van der Waals surface area contributed by atoms with Gasteiger partial charge in [0.05, 0.1) is 43.9 Å². The van der Waals surface area contributed by atoms with Gasteiger partial charge in [-0.25, -0.2) is 17.6 Å². The van der Waals surface area contributed by atoms with Gasteiger partial charge in [-0.3, -0.25) is 29.1 Å². The first-order chi connectivity index (χ1) is 36.4. The maximum absolute atomic E-state index is 14.6. The van der Waals surface area contributed by atoms with Gasteiger partial charge in [-0.1, -0.05) is 38.1 Å². The molecule has 0 unspecified atom stereocenters. The van der Waals surface area contributed by atoms with E-state index in [1.165, 1.54) is 42.5 Å². The molecule has 10 rings (SSSR count). The number of aromatic nitrogens is 2.